The van der Waals surface area contributed by atoms with Crippen molar-refractivity contribution in [3.05, 3.63) is 33.4 Å². The van der Waals surface area contributed by atoms with Gasteiger partial charge in [0.1, 0.15) is 6.04 Å². The van der Waals surface area contributed by atoms with Gasteiger partial charge in [0.15, 0.2) is 0 Å². The molecule has 0 unspecified atom stereocenters. The smallest absolute Gasteiger partial charge is 0.328 e. The Morgan fingerprint density at radius 2 is 1.65 bits per heavy atom. The number of methoxy groups -OCH3 is 1. The molecule has 0 radical (unpaired) electrons. The standard InChI is InChI=1S/C21H26INO3/c1-26-19(24)18(9-13-2-4-17(22)5-3-13)23-20(25)21-10-14-6-15(11-21)8-16(7-14)12-21/h2-5,14-16,18H,6-12H2,1H3,(H,23,25)/t14?,15?,16?,18-,21?/m1/s1. The van der Waals surface area contributed by atoms with Crippen molar-refractivity contribution in [3.8, 4) is 0 Å². The van der Waals surface area contributed by atoms with Gasteiger partial charge in [-0.05, 0) is 96.6 Å². The summed E-state index contributed by atoms with van der Waals surface area (Å²) in [4.78, 5) is 25.6. The van der Waals surface area contributed by atoms with E-state index in [9.17, 15) is 9.59 Å². The van der Waals surface area contributed by atoms with E-state index in [0.717, 1.165) is 28.4 Å². The first-order valence-corrected chi connectivity index (χ1v) is 10.7. The minimum Gasteiger partial charge on any atom is -0.467 e. The molecule has 0 saturated heterocycles. The second kappa shape index (κ2) is 7.13. The quantitative estimate of drug-likeness (QED) is 0.531. The summed E-state index contributed by atoms with van der Waals surface area (Å²) in [5.74, 6) is 1.85. The number of hydrogen-bond acceptors (Lipinski definition) is 3. The van der Waals surface area contributed by atoms with Crippen LogP contribution < -0.4 is 5.32 Å². The van der Waals surface area contributed by atoms with Crippen LogP contribution >= 0.6 is 22.6 Å². The topological polar surface area (TPSA) is 55.4 Å². The van der Waals surface area contributed by atoms with Gasteiger partial charge in [-0.15, -0.1) is 0 Å². The molecule has 5 heteroatoms. The molecule has 4 saturated carbocycles. The molecule has 140 valence electrons. The molecule has 4 nitrogen and oxygen atoms in total. The van der Waals surface area contributed by atoms with E-state index < -0.39 is 6.04 Å². The van der Waals surface area contributed by atoms with Gasteiger partial charge in [0.05, 0.1) is 7.11 Å². The predicted molar refractivity (Wildman–Crippen MR) is 107 cm³/mol. The number of ether oxygens (including phenoxy) is 1. The molecule has 0 aliphatic heterocycles. The van der Waals surface area contributed by atoms with Crippen LogP contribution in [0.1, 0.15) is 44.1 Å². The number of esters is 1. The maximum Gasteiger partial charge on any atom is 0.328 e. The fourth-order valence-electron chi connectivity index (χ4n) is 5.89. The van der Waals surface area contributed by atoms with Crippen molar-refractivity contribution in [1.82, 2.24) is 5.32 Å². The lowest BCUT2D eigenvalue weighted by molar-refractivity contribution is -0.152. The molecule has 1 aromatic rings. The number of hydrogen-bond donors (Lipinski definition) is 1. The van der Waals surface area contributed by atoms with Gasteiger partial charge < -0.3 is 10.1 Å². The van der Waals surface area contributed by atoms with Gasteiger partial charge in [-0.25, -0.2) is 4.79 Å². The highest BCUT2D eigenvalue weighted by atomic mass is 127. The van der Waals surface area contributed by atoms with Crippen molar-refractivity contribution in [2.24, 2.45) is 23.2 Å². The summed E-state index contributed by atoms with van der Waals surface area (Å²) in [6, 6.07) is 7.44. The summed E-state index contributed by atoms with van der Waals surface area (Å²) in [7, 11) is 1.39. The van der Waals surface area contributed by atoms with Crippen molar-refractivity contribution >= 4 is 34.5 Å². The average Bonchev–Trinajstić information content (AvgIpc) is 2.61. The predicted octanol–water partition coefficient (Wildman–Crippen LogP) is 3.71. The second-order valence-electron chi connectivity index (χ2n) is 8.58. The van der Waals surface area contributed by atoms with Crippen molar-refractivity contribution < 1.29 is 14.3 Å². The van der Waals surface area contributed by atoms with Crippen molar-refractivity contribution in [3.63, 3.8) is 0 Å². The van der Waals surface area contributed by atoms with E-state index in [4.69, 9.17) is 4.74 Å². The number of amides is 1. The Morgan fingerprint density at radius 1 is 1.12 bits per heavy atom. The summed E-state index contributed by atoms with van der Waals surface area (Å²) in [6.07, 6.45) is 7.38. The molecule has 0 aromatic heterocycles. The fourth-order valence-corrected chi connectivity index (χ4v) is 6.25. The van der Waals surface area contributed by atoms with Crippen molar-refractivity contribution in [2.45, 2.75) is 51.0 Å². The number of carbonyl (C=O) groups is 2. The Hall–Kier alpha value is -1.11. The van der Waals surface area contributed by atoms with Gasteiger partial charge in [-0.3, -0.25) is 4.79 Å². The first kappa shape index (κ1) is 18.3. The molecule has 1 atom stereocenters. The summed E-state index contributed by atoms with van der Waals surface area (Å²) in [6.45, 7) is 0. The Labute approximate surface area is 168 Å². The van der Waals surface area contributed by atoms with Crippen LogP contribution in [0.15, 0.2) is 24.3 Å². The molecule has 1 aromatic carbocycles. The third-order valence-corrected chi connectivity index (χ3v) is 7.38. The molecule has 4 fully saturated rings. The lowest BCUT2D eigenvalue weighted by Crippen LogP contribution is -2.56. The van der Waals surface area contributed by atoms with Crippen molar-refractivity contribution in [1.29, 1.82) is 0 Å². The molecular formula is C21H26INO3. The normalized spacial score (nSPS) is 32.9. The van der Waals surface area contributed by atoms with E-state index in [2.05, 4.69) is 27.9 Å². The van der Waals surface area contributed by atoms with E-state index in [1.54, 1.807) is 0 Å². The van der Waals surface area contributed by atoms with Crippen LogP contribution in [0.4, 0.5) is 0 Å². The number of nitrogens with one attached hydrogen (secondary N) is 1. The van der Waals surface area contributed by atoms with Crippen molar-refractivity contribution in [2.75, 3.05) is 7.11 Å². The molecule has 0 heterocycles. The van der Waals surface area contributed by atoms with Gasteiger partial charge in [0.25, 0.3) is 0 Å². The van der Waals surface area contributed by atoms with Crippen LogP contribution in [-0.4, -0.2) is 25.0 Å². The minimum absolute atomic E-state index is 0.0810. The summed E-state index contributed by atoms with van der Waals surface area (Å²) >= 11 is 2.26. The summed E-state index contributed by atoms with van der Waals surface area (Å²) < 4.78 is 6.12. The van der Waals surface area contributed by atoms with Crippen LogP contribution in [0.2, 0.25) is 0 Å². The van der Waals surface area contributed by atoms with E-state index in [1.165, 1.54) is 26.4 Å². The van der Waals surface area contributed by atoms with Gasteiger partial charge >= 0.3 is 5.97 Å². The minimum atomic E-state index is -0.611. The van der Waals surface area contributed by atoms with E-state index in [0.29, 0.717) is 24.2 Å². The molecular weight excluding hydrogens is 441 g/mol. The maximum atomic E-state index is 13.3. The van der Waals surface area contributed by atoms with Gasteiger partial charge in [0, 0.05) is 15.4 Å². The Kier molecular flexibility index (Phi) is 5.01. The zero-order valence-electron chi connectivity index (χ0n) is 15.2. The van der Waals surface area contributed by atoms with Gasteiger partial charge in [0.2, 0.25) is 5.91 Å². The second-order valence-corrected chi connectivity index (χ2v) is 9.82. The monoisotopic (exact) mass is 467 g/mol. The molecule has 4 bridgehead atoms. The summed E-state index contributed by atoms with van der Waals surface area (Å²) in [5, 5.41) is 3.07. The maximum absolute atomic E-state index is 13.3. The highest BCUT2D eigenvalue weighted by Gasteiger charge is 2.54. The summed E-state index contributed by atoms with van der Waals surface area (Å²) in [5.41, 5.74) is 0.791. The lowest BCUT2D eigenvalue weighted by Gasteiger charge is -2.55. The molecule has 1 N–H and O–H groups in total. The third-order valence-electron chi connectivity index (χ3n) is 6.66. The first-order chi connectivity index (χ1) is 12.5. The molecule has 5 rings (SSSR count). The molecule has 1 amide bonds. The van der Waals surface area contributed by atoms with Crippen LogP contribution in [0.25, 0.3) is 0 Å². The highest BCUT2D eigenvalue weighted by Crippen LogP contribution is 2.60. The first-order valence-electron chi connectivity index (χ1n) is 9.61. The van der Waals surface area contributed by atoms with Gasteiger partial charge in [-0.2, -0.15) is 0 Å². The van der Waals surface area contributed by atoms with Crippen LogP contribution in [0.3, 0.4) is 0 Å². The number of halogens is 1. The Balaban J connectivity index is 1.49. The third kappa shape index (κ3) is 3.51. The zero-order chi connectivity index (χ0) is 18.3. The molecule has 26 heavy (non-hydrogen) atoms. The van der Waals surface area contributed by atoms with Crippen LogP contribution in [0, 0.1) is 26.7 Å². The van der Waals surface area contributed by atoms with E-state index in [1.807, 2.05) is 24.3 Å². The molecule has 4 aliphatic rings. The number of benzene rings is 1. The highest BCUT2D eigenvalue weighted by molar-refractivity contribution is 14.1. The lowest BCUT2D eigenvalue weighted by atomic mass is 9.49. The van der Waals surface area contributed by atoms with Crippen LogP contribution in [-0.2, 0) is 20.7 Å². The van der Waals surface area contributed by atoms with E-state index >= 15 is 0 Å². The largest absolute Gasteiger partial charge is 0.467 e. The van der Waals surface area contributed by atoms with Crippen LogP contribution in [0.5, 0.6) is 0 Å². The zero-order valence-corrected chi connectivity index (χ0v) is 17.3. The average molecular weight is 467 g/mol. The number of rotatable bonds is 5. The number of carbonyl (C=O) groups excluding carboxylic acids is 2. The Morgan fingerprint density at radius 3 is 2.15 bits per heavy atom. The fraction of sp³-hybridized carbons (Fsp3) is 0.619. The van der Waals surface area contributed by atoms with E-state index in [-0.39, 0.29) is 17.3 Å². The Bertz CT molecular complexity index is 664. The molecule has 4 aliphatic carbocycles. The SMILES string of the molecule is COC(=O)[C@@H](Cc1ccc(I)cc1)NC(=O)C12CC3CC(CC(C3)C1)C2. The molecule has 0 spiro atoms. The van der Waals surface area contributed by atoms with Gasteiger partial charge in [-0.1, -0.05) is 12.1 Å².